The van der Waals surface area contributed by atoms with Gasteiger partial charge in [-0.3, -0.25) is 10.1 Å². The number of ether oxygens (including phenoxy) is 1. The number of urea groups is 1. The molecule has 174 valence electrons. The molecule has 3 aromatic rings. The molecule has 0 radical (unpaired) electrons. The van der Waals surface area contributed by atoms with Crippen molar-refractivity contribution in [2.75, 3.05) is 7.11 Å². The van der Waals surface area contributed by atoms with Gasteiger partial charge in [0, 0.05) is 18.7 Å². The minimum absolute atomic E-state index is 0.345. The molecule has 0 saturated carbocycles. The van der Waals surface area contributed by atoms with Gasteiger partial charge in [-0.15, -0.1) is 10.2 Å². The van der Waals surface area contributed by atoms with E-state index in [1.165, 1.54) is 11.8 Å². The van der Waals surface area contributed by atoms with Gasteiger partial charge in [0.15, 0.2) is 11.0 Å². The summed E-state index contributed by atoms with van der Waals surface area (Å²) in [7, 11) is 1.63. The first-order valence-corrected chi connectivity index (χ1v) is 11.8. The second kappa shape index (κ2) is 12.1. The van der Waals surface area contributed by atoms with Crippen LogP contribution in [0.1, 0.15) is 32.3 Å². The van der Waals surface area contributed by atoms with Crippen molar-refractivity contribution in [2.24, 2.45) is 0 Å². The molecule has 0 bridgehead atoms. The fourth-order valence-corrected chi connectivity index (χ4v) is 3.97. The molecule has 3 amide bonds. The van der Waals surface area contributed by atoms with Crippen LogP contribution in [0.2, 0.25) is 0 Å². The van der Waals surface area contributed by atoms with Crippen molar-refractivity contribution in [3.63, 3.8) is 0 Å². The molecule has 0 aliphatic heterocycles. The van der Waals surface area contributed by atoms with Gasteiger partial charge >= 0.3 is 6.03 Å². The number of rotatable bonds is 10. The zero-order valence-corrected chi connectivity index (χ0v) is 19.9. The van der Waals surface area contributed by atoms with Crippen LogP contribution in [-0.4, -0.2) is 39.1 Å². The highest BCUT2D eigenvalue weighted by Gasteiger charge is 2.22. The molecule has 1 heterocycles. The number of carbonyl (C=O) groups is 2. The van der Waals surface area contributed by atoms with E-state index in [1.807, 2.05) is 59.2 Å². The lowest BCUT2D eigenvalue weighted by Crippen LogP contribution is -2.42. The van der Waals surface area contributed by atoms with Crippen LogP contribution in [0.15, 0.2) is 59.8 Å². The van der Waals surface area contributed by atoms with Crippen molar-refractivity contribution in [1.82, 2.24) is 25.4 Å². The number of thioether (sulfide) groups is 1. The van der Waals surface area contributed by atoms with Crippen molar-refractivity contribution in [3.05, 3.63) is 60.2 Å². The summed E-state index contributed by atoms with van der Waals surface area (Å²) in [5.41, 5.74) is 1.88. The van der Waals surface area contributed by atoms with Crippen LogP contribution in [0.25, 0.3) is 11.4 Å². The van der Waals surface area contributed by atoms with Crippen LogP contribution >= 0.6 is 11.8 Å². The van der Waals surface area contributed by atoms with E-state index in [1.54, 1.807) is 14.0 Å². The average molecular weight is 468 g/mol. The lowest BCUT2D eigenvalue weighted by Gasteiger charge is -2.14. The van der Waals surface area contributed by atoms with Gasteiger partial charge in [-0.25, -0.2) is 4.79 Å². The molecular formula is C24H29N5O3S. The summed E-state index contributed by atoms with van der Waals surface area (Å²) < 4.78 is 7.26. The van der Waals surface area contributed by atoms with Gasteiger partial charge in [-0.2, -0.15) is 0 Å². The summed E-state index contributed by atoms with van der Waals surface area (Å²) in [6.07, 6.45) is 1.97. The SMILES string of the molecule is CCCCn1c(SC(C)C(=O)NC(=O)NCc2ccccc2)nnc1-c1ccc(OC)cc1. The molecule has 1 aromatic heterocycles. The second-order valence-corrected chi connectivity index (χ2v) is 8.77. The quantitative estimate of drug-likeness (QED) is 0.432. The third-order valence-electron chi connectivity index (χ3n) is 4.98. The number of unbranched alkanes of at least 4 members (excludes halogenated alkanes) is 1. The normalized spacial score (nSPS) is 11.6. The number of nitrogens with zero attached hydrogens (tertiary/aromatic N) is 3. The summed E-state index contributed by atoms with van der Waals surface area (Å²) in [5, 5.41) is 13.9. The third kappa shape index (κ3) is 6.82. The number of benzene rings is 2. The number of carbonyl (C=O) groups excluding carboxylic acids is 2. The summed E-state index contributed by atoms with van der Waals surface area (Å²) in [6.45, 7) is 4.95. The Morgan fingerprint density at radius 2 is 1.82 bits per heavy atom. The van der Waals surface area contributed by atoms with E-state index in [2.05, 4.69) is 27.8 Å². The van der Waals surface area contributed by atoms with Gasteiger partial charge in [-0.1, -0.05) is 55.4 Å². The predicted molar refractivity (Wildman–Crippen MR) is 129 cm³/mol. The summed E-state index contributed by atoms with van der Waals surface area (Å²) in [6, 6.07) is 16.6. The van der Waals surface area contributed by atoms with Crippen LogP contribution in [0.5, 0.6) is 5.75 Å². The molecule has 2 N–H and O–H groups in total. The van der Waals surface area contributed by atoms with E-state index in [0.717, 1.165) is 42.1 Å². The van der Waals surface area contributed by atoms with Crippen molar-refractivity contribution in [1.29, 1.82) is 0 Å². The zero-order chi connectivity index (χ0) is 23.6. The van der Waals surface area contributed by atoms with Crippen LogP contribution in [0.3, 0.4) is 0 Å². The van der Waals surface area contributed by atoms with Crippen molar-refractivity contribution < 1.29 is 14.3 Å². The molecule has 0 spiro atoms. The first-order valence-electron chi connectivity index (χ1n) is 10.9. The average Bonchev–Trinajstić information content (AvgIpc) is 3.24. The molecule has 0 fully saturated rings. The predicted octanol–water partition coefficient (Wildman–Crippen LogP) is 4.26. The van der Waals surface area contributed by atoms with E-state index in [4.69, 9.17) is 4.74 Å². The van der Waals surface area contributed by atoms with Gasteiger partial charge in [-0.05, 0) is 43.2 Å². The minimum Gasteiger partial charge on any atom is -0.497 e. The Morgan fingerprint density at radius 3 is 2.48 bits per heavy atom. The first kappa shape index (κ1) is 24.3. The fraction of sp³-hybridized carbons (Fsp3) is 0.333. The molecule has 2 aromatic carbocycles. The fourth-order valence-electron chi connectivity index (χ4n) is 3.09. The van der Waals surface area contributed by atoms with Crippen LogP contribution < -0.4 is 15.4 Å². The maximum Gasteiger partial charge on any atom is 0.321 e. The number of amides is 3. The highest BCUT2D eigenvalue weighted by molar-refractivity contribution is 8.00. The Bertz CT molecular complexity index is 1050. The van der Waals surface area contributed by atoms with Gasteiger partial charge < -0.3 is 14.6 Å². The standard InChI is InChI=1S/C24H29N5O3S/c1-4-5-15-29-21(19-11-13-20(32-3)14-12-19)27-28-24(29)33-17(2)22(30)26-23(31)25-16-18-9-7-6-8-10-18/h6-14,17H,4-5,15-16H2,1-3H3,(H2,25,26,30,31). The molecule has 0 saturated heterocycles. The number of methoxy groups -OCH3 is 1. The van der Waals surface area contributed by atoms with Crippen LogP contribution in [-0.2, 0) is 17.9 Å². The van der Waals surface area contributed by atoms with E-state index in [0.29, 0.717) is 11.7 Å². The Labute approximate surface area is 198 Å². The Balaban J connectivity index is 1.64. The topological polar surface area (TPSA) is 98.1 Å². The molecule has 0 aliphatic carbocycles. The largest absolute Gasteiger partial charge is 0.497 e. The van der Waals surface area contributed by atoms with Crippen molar-refractivity contribution in [2.45, 2.75) is 50.2 Å². The van der Waals surface area contributed by atoms with Crippen molar-refractivity contribution in [3.8, 4) is 17.1 Å². The smallest absolute Gasteiger partial charge is 0.321 e. The maximum absolute atomic E-state index is 12.6. The monoisotopic (exact) mass is 467 g/mol. The number of nitrogens with one attached hydrogen (secondary N) is 2. The molecule has 1 atom stereocenters. The number of hydrogen-bond donors (Lipinski definition) is 2. The summed E-state index contributed by atoms with van der Waals surface area (Å²) >= 11 is 1.28. The van der Waals surface area contributed by atoms with Gasteiger partial charge in [0.2, 0.25) is 5.91 Å². The Morgan fingerprint density at radius 1 is 1.09 bits per heavy atom. The highest BCUT2D eigenvalue weighted by atomic mass is 32.2. The summed E-state index contributed by atoms with van der Waals surface area (Å²) in [4.78, 5) is 24.7. The molecule has 1 unspecified atom stereocenters. The molecule has 3 rings (SSSR count). The molecule has 9 heteroatoms. The van der Waals surface area contributed by atoms with Gasteiger partial charge in [0.05, 0.1) is 12.4 Å². The highest BCUT2D eigenvalue weighted by Crippen LogP contribution is 2.28. The van der Waals surface area contributed by atoms with Crippen LogP contribution in [0, 0.1) is 0 Å². The molecule has 8 nitrogen and oxygen atoms in total. The number of aromatic nitrogens is 3. The zero-order valence-electron chi connectivity index (χ0n) is 19.1. The molecular weight excluding hydrogens is 438 g/mol. The second-order valence-electron chi connectivity index (χ2n) is 7.46. The minimum atomic E-state index is -0.527. The third-order valence-corrected chi connectivity index (χ3v) is 6.06. The summed E-state index contributed by atoms with van der Waals surface area (Å²) in [5.74, 6) is 1.12. The van der Waals surface area contributed by atoms with E-state index < -0.39 is 11.3 Å². The molecule has 33 heavy (non-hydrogen) atoms. The maximum atomic E-state index is 12.6. The van der Waals surface area contributed by atoms with E-state index in [9.17, 15) is 9.59 Å². The number of imide groups is 1. The van der Waals surface area contributed by atoms with E-state index >= 15 is 0 Å². The van der Waals surface area contributed by atoms with Crippen molar-refractivity contribution >= 4 is 23.7 Å². The number of hydrogen-bond acceptors (Lipinski definition) is 6. The van der Waals surface area contributed by atoms with Gasteiger partial charge in [0.1, 0.15) is 5.75 Å². The molecule has 0 aliphatic rings. The van der Waals surface area contributed by atoms with E-state index in [-0.39, 0.29) is 5.91 Å². The first-order chi connectivity index (χ1) is 16.0. The van der Waals surface area contributed by atoms with Crippen LogP contribution in [0.4, 0.5) is 4.79 Å². The lowest BCUT2D eigenvalue weighted by molar-refractivity contribution is -0.119. The Hall–Kier alpha value is -3.33. The Kier molecular flexibility index (Phi) is 8.88. The van der Waals surface area contributed by atoms with Gasteiger partial charge in [0.25, 0.3) is 0 Å². The lowest BCUT2D eigenvalue weighted by atomic mass is 10.2.